The molecular weight excluding hydrogens is 182 g/mol. The highest BCUT2D eigenvalue weighted by molar-refractivity contribution is 7.99. The van der Waals surface area contributed by atoms with Gasteiger partial charge in [-0.2, -0.15) is 0 Å². The van der Waals surface area contributed by atoms with Gasteiger partial charge in [0, 0.05) is 4.90 Å². The smallest absolute Gasteiger partial charge is 0.115 e. The van der Waals surface area contributed by atoms with Gasteiger partial charge in [0.1, 0.15) is 5.75 Å². The molecule has 2 nitrogen and oxygen atoms in total. The van der Waals surface area contributed by atoms with Gasteiger partial charge in [0.2, 0.25) is 0 Å². The van der Waals surface area contributed by atoms with Crippen LogP contribution in [0.15, 0.2) is 23.1 Å². The molecule has 70 valence electrons. The van der Waals surface area contributed by atoms with Crippen LogP contribution in [0, 0.1) is 0 Å². The molecule has 3 heteroatoms. The van der Waals surface area contributed by atoms with Crippen LogP contribution in [-0.4, -0.2) is 17.4 Å². The number of benzene rings is 1. The second kappa shape index (κ2) is 3.60. The number of fused-ring (bicyclic) bond motifs is 1. The van der Waals surface area contributed by atoms with E-state index in [1.165, 1.54) is 10.5 Å². The van der Waals surface area contributed by atoms with Crippen LogP contribution in [0.25, 0.3) is 0 Å². The molecular formula is C10H13NOS. The van der Waals surface area contributed by atoms with Crippen molar-refractivity contribution in [1.82, 2.24) is 0 Å². The van der Waals surface area contributed by atoms with Crippen molar-refractivity contribution in [3.63, 3.8) is 0 Å². The first-order valence-electron chi connectivity index (χ1n) is 4.47. The lowest BCUT2D eigenvalue weighted by atomic mass is 9.96. The molecule has 13 heavy (non-hydrogen) atoms. The van der Waals surface area contributed by atoms with Crippen molar-refractivity contribution in [2.75, 3.05) is 12.3 Å². The quantitative estimate of drug-likeness (QED) is 0.719. The minimum absolute atomic E-state index is 0.347. The summed E-state index contributed by atoms with van der Waals surface area (Å²) >= 11 is 1.85. The molecule has 0 radical (unpaired) electrons. The second-order valence-corrected chi connectivity index (χ2v) is 4.43. The molecule has 0 fully saturated rings. The highest BCUT2D eigenvalue weighted by Crippen LogP contribution is 2.38. The van der Waals surface area contributed by atoms with E-state index in [0.29, 0.717) is 18.2 Å². The molecule has 1 heterocycles. The standard InChI is InChI=1S/C10H13NOS/c11-6-7-3-4-13-10-2-1-8(12)5-9(7)10/h1-2,5,7,12H,3-4,6,11H2. The molecule has 0 bridgehead atoms. The van der Waals surface area contributed by atoms with Gasteiger partial charge in [-0.15, -0.1) is 11.8 Å². The fraction of sp³-hybridized carbons (Fsp3) is 0.400. The third kappa shape index (κ3) is 1.67. The lowest BCUT2D eigenvalue weighted by molar-refractivity contribution is 0.472. The predicted molar refractivity (Wildman–Crippen MR) is 55.2 cm³/mol. The summed E-state index contributed by atoms with van der Waals surface area (Å²) in [5.41, 5.74) is 6.90. The van der Waals surface area contributed by atoms with E-state index in [1.54, 1.807) is 6.07 Å². The Balaban J connectivity index is 2.41. The second-order valence-electron chi connectivity index (χ2n) is 3.29. The van der Waals surface area contributed by atoms with Gasteiger partial charge in [-0.05, 0) is 48.4 Å². The zero-order valence-corrected chi connectivity index (χ0v) is 8.18. The average molecular weight is 195 g/mol. The van der Waals surface area contributed by atoms with Crippen LogP contribution in [0.3, 0.4) is 0 Å². The fourth-order valence-corrected chi connectivity index (χ4v) is 2.88. The van der Waals surface area contributed by atoms with Crippen molar-refractivity contribution >= 4 is 11.8 Å². The van der Waals surface area contributed by atoms with Crippen LogP contribution < -0.4 is 5.73 Å². The number of hydrogen-bond acceptors (Lipinski definition) is 3. The molecule has 1 aliphatic heterocycles. The maximum Gasteiger partial charge on any atom is 0.115 e. The SMILES string of the molecule is NCC1CCSc2ccc(O)cc21. The minimum atomic E-state index is 0.347. The Labute approximate surface area is 82.1 Å². The van der Waals surface area contributed by atoms with Crippen LogP contribution in [0.5, 0.6) is 5.75 Å². The highest BCUT2D eigenvalue weighted by Gasteiger charge is 2.19. The monoisotopic (exact) mass is 195 g/mol. The molecule has 0 saturated carbocycles. The molecule has 0 amide bonds. The Bertz CT molecular complexity index is 314. The molecule has 0 aliphatic carbocycles. The van der Waals surface area contributed by atoms with E-state index in [1.807, 2.05) is 23.9 Å². The summed E-state index contributed by atoms with van der Waals surface area (Å²) in [5, 5.41) is 9.35. The Morgan fingerprint density at radius 2 is 2.38 bits per heavy atom. The lowest BCUT2D eigenvalue weighted by Gasteiger charge is -2.23. The molecule has 3 N–H and O–H groups in total. The zero-order valence-electron chi connectivity index (χ0n) is 7.36. The van der Waals surface area contributed by atoms with Crippen LogP contribution in [0.1, 0.15) is 17.9 Å². The van der Waals surface area contributed by atoms with Gasteiger partial charge < -0.3 is 10.8 Å². The number of rotatable bonds is 1. The van der Waals surface area contributed by atoms with E-state index in [2.05, 4.69) is 0 Å². The van der Waals surface area contributed by atoms with Gasteiger partial charge in [-0.25, -0.2) is 0 Å². The lowest BCUT2D eigenvalue weighted by Crippen LogP contribution is -2.16. The van der Waals surface area contributed by atoms with Crippen LogP contribution in [0.4, 0.5) is 0 Å². The minimum Gasteiger partial charge on any atom is -0.508 e. The molecule has 0 saturated heterocycles. The first-order chi connectivity index (χ1) is 6.31. The maximum atomic E-state index is 9.35. The van der Waals surface area contributed by atoms with Crippen LogP contribution in [-0.2, 0) is 0 Å². The summed E-state index contributed by atoms with van der Waals surface area (Å²) in [5.74, 6) is 1.92. The van der Waals surface area contributed by atoms with Gasteiger partial charge in [0.15, 0.2) is 0 Å². The van der Waals surface area contributed by atoms with Crippen LogP contribution in [0.2, 0.25) is 0 Å². The Morgan fingerprint density at radius 1 is 1.54 bits per heavy atom. The van der Waals surface area contributed by atoms with Crippen molar-refractivity contribution < 1.29 is 5.11 Å². The molecule has 1 atom stereocenters. The summed E-state index contributed by atoms with van der Waals surface area (Å²) in [6.07, 6.45) is 1.12. The zero-order chi connectivity index (χ0) is 9.26. The first-order valence-corrected chi connectivity index (χ1v) is 5.45. The van der Waals surface area contributed by atoms with Gasteiger partial charge in [0.25, 0.3) is 0 Å². The average Bonchev–Trinajstić information content (AvgIpc) is 2.17. The number of nitrogens with two attached hydrogens (primary N) is 1. The van der Waals surface area contributed by atoms with E-state index in [0.717, 1.165) is 12.2 Å². The van der Waals surface area contributed by atoms with Gasteiger partial charge >= 0.3 is 0 Å². The van der Waals surface area contributed by atoms with Gasteiger partial charge in [-0.1, -0.05) is 0 Å². The molecule has 2 rings (SSSR count). The number of hydrogen-bond donors (Lipinski definition) is 2. The number of phenolic OH excluding ortho intramolecular Hbond substituents is 1. The summed E-state index contributed by atoms with van der Waals surface area (Å²) in [7, 11) is 0. The normalized spacial score (nSPS) is 21.2. The number of aromatic hydroxyl groups is 1. The predicted octanol–water partition coefficient (Wildman–Crippen LogP) is 1.93. The molecule has 0 spiro atoms. The summed E-state index contributed by atoms with van der Waals surface area (Å²) in [6, 6.07) is 5.57. The number of thioether (sulfide) groups is 1. The van der Waals surface area contributed by atoms with Crippen molar-refractivity contribution in [3.05, 3.63) is 23.8 Å². The van der Waals surface area contributed by atoms with Crippen molar-refractivity contribution in [2.24, 2.45) is 5.73 Å². The number of phenols is 1. The van der Waals surface area contributed by atoms with E-state index in [-0.39, 0.29) is 0 Å². The maximum absolute atomic E-state index is 9.35. The van der Waals surface area contributed by atoms with Crippen molar-refractivity contribution in [3.8, 4) is 5.75 Å². The largest absolute Gasteiger partial charge is 0.508 e. The van der Waals surface area contributed by atoms with E-state index in [9.17, 15) is 5.11 Å². The van der Waals surface area contributed by atoms with Gasteiger partial charge in [0.05, 0.1) is 0 Å². The Kier molecular flexibility index (Phi) is 2.47. The summed E-state index contributed by atoms with van der Waals surface area (Å²) < 4.78 is 0. The third-order valence-electron chi connectivity index (χ3n) is 2.44. The van der Waals surface area contributed by atoms with Crippen molar-refractivity contribution in [1.29, 1.82) is 0 Å². The summed E-state index contributed by atoms with van der Waals surface area (Å²) in [4.78, 5) is 1.28. The third-order valence-corrected chi connectivity index (χ3v) is 3.56. The highest BCUT2D eigenvalue weighted by atomic mass is 32.2. The molecule has 1 aliphatic rings. The van der Waals surface area contributed by atoms with Crippen molar-refractivity contribution in [2.45, 2.75) is 17.2 Å². The molecule has 1 aromatic carbocycles. The van der Waals surface area contributed by atoms with E-state index < -0.39 is 0 Å². The Morgan fingerprint density at radius 3 is 3.15 bits per heavy atom. The Hall–Kier alpha value is -0.670. The van der Waals surface area contributed by atoms with E-state index in [4.69, 9.17) is 5.73 Å². The topological polar surface area (TPSA) is 46.2 Å². The fourth-order valence-electron chi connectivity index (χ4n) is 1.70. The van der Waals surface area contributed by atoms with Crippen LogP contribution >= 0.6 is 11.8 Å². The molecule has 1 aromatic rings. The molecule has 0 aromatic heterocycles. The summed E-state index contributed by atoms with van der Waals surface area (Å²) in [6.45, 7) is 0.678. The molecule has 1 unspecified atom stereocenters. The van der Waals surface area contributed by atoms with Gasteiger partial charge in [-0.3, -0.25) is 0 Å². The van der Waals surface area contributed by atoms with E-state index >= 15 is 0 Å². The first kappa shape index (κ1) is 8.91.